The normalized spacial score (nSPS) is 18.7. The first-order chi connectivity index (χ1) is 16.8. The van der Waals surface area contributed by atoms with E-state index in [1.165, 1.54) is 7.11 Å². The van der Waals surface area contributed by atoms with Crippen molar-refractivity contribution in [2.75, 3.05) is 7.11 Å². The van der Waals surface area contributed by atoms with Gasteiger partial charge in [0, 0.05) is 11.1 Å². The van der Waals surface area contributed by atoms with E-state index < -0.39 is 12.1 Å². The Bertz CT molecular complexity index is 1190. The Labute approximate surface area is 212 Å². The van der Waals surface area contributed by atoms with Crippen molar-refractivity contribution in [1.29, 1.82) is 0 Å². The molecule has 2 aromatic carbocycles. The smallest absolute Gasteiger partial charge is 0.346 e. The topological polar surface area (TPSA) is 91.3 Å². The summed E-state index contributed by atoms with van der Waals surface area (Å²) in [6.07, 6.45) is -0.318. The SMILES string of the molecule is COc1c([C@@H](O)CC(C)C)ccc2c1C(=O)OCc1cc(C)cc(OC(=O)C3C(C)(C)C3(C)C)c1O2. The number of rotatable bonds is 6. The highest BCUT2D eigenvalue weighted by Crippen LogP contribution is 2.68. The van der Waals surface area contributed by atoms with Gasteiger partial charge in [0.25, 0.3) is 0 Å². The number of hydrogen-bond donors (Lipinski definition) is 1. The lowest BCUT2D eigenvalue weighted by Crippen LogP contribution is -2.18. The maximum absolute atomic E-state index is 13.2. The zero-order chi connectivity index (χ0) is 26.6. The third kappa shape index (κ3) is 4.34. The molecule has 0 unspecified atom stereocenters. The molecule has 1 saturated carbocycles. The van der Waals surface area contributed by atoms with Gasteiger partial charge < -0.3 is 24.1 Å². The minimum absolute atomic E-state index is 0.0673. The Morgan fingerprint density at radius 2 is 1.83 bits per heavy atom. The third-order valence-corrected chi connectivity index (χ3v) is 7.93. The minimum Gasteiger partial charge on any atom is -0.495 e. The standard InChI is InChI=1S/C29H36O7/c1-15(2)11-19(30)18-9-10-20-22(24(18)33-8)26(31)34-14-17-12-16(3)13-21(23(17)35-20)36-27(32)25-28(4,5)29(25,6)7/h9-10,12-13,15,19,25,30H,11,14H2,1-8H3/t19-/m0/s1. The summed E-state index contributed by atoms with van der Waals surface area (Å²) < 4.78 is 23.4. The van der Waals surface area contributed by atoms with Gasteiger partial charge in [-0.3, -0.25) is 4.79 Å². The zero-order valence-electron chi connectivity index (χ0n) is 22.4. The molecule has 7 heteroatoms. The molecule has 0 saturated heterocycles. The van der Waals surface area contributed by atoms with Gasteiger partial charge in [-0.2, -0.15) is 0 Å². The predicted octanol–water partition coefficient (Wildman–Crippen LogP) is 6.13. The molecule has 1 heterocycles. The first-order valence-corrected chi connectivity index (χ1v) is 12.4. The van der Waals surface area contributed by atoms with E-state index in [0.29, 0.717) is 23.3 Å². The first kappa shape index (κ1) is 26.0. The number of carbonyl (C=O) groups excluding carboxylic acids is 2. The number of aliphatic hydroxyl groups is 1. The van der Waals surface area contributed by atoms with Crippen LogP contribution in [0.25, 0.3) is 0 Å². The number of carbonyl (C=O) groups is 2. The summed E-state index contributed by atoms with van der Waals surface area (Å²) in [7, 11) is 1.44. The number of esters is 2. The van der Waals surface area contributed by atoms with E-state index in [-0.39, 0.29) is 58.1 Å². The van der Waals surface area contributed by atoms with E-state index in [1.807, 2.05) is 26.8 Å². The number of cyclic esters (lactones) is 1. The van der Waals surface area contributed by atoms with Crippen molar-refractivity contribution in [3.8, 4) is 23.0 Å². The van der Waals surface area contributed by atoms with Gasteiger partial charge in [-0.15, -0.1) is 0 Å². The molecular formula is C29H36O7. The zero-order valence-corrected chi connectivity index (χ0v) is 22.4. The summed E-state index contributed by atoms with van der Waals surface area (Å²) in [6, 6.07) is 6.90. The van der Waals surface area contributed by atoms with E-state index in [4.69, 9.17) is 18.9 Å². The van der Waals surface area contributed by atoms with Crippen molar-refractivity contribution in [3.05, 3.63) is 46.5 Å². The molecule has 1 N–H and O–H groups in total. The molecule has 194 valence electrons. The van der Waals surface area contributed by atoms with Crippen LogP contribution in [0.5, 0.6) is 23.0 Å². The molecule has 1 atom stereocenters. The molecule has 0 amide bonds. The first-order valence-electron chi connectivity index (χ1n) is 12.4. The fourth-order valence-corrected chi connectivity index (χ4v) is 5.30. The van der Waals surface area contributed by atoms with E-state index >= 15 is 0 Å². The molecule has 36 heavy (non-hydrogen) atoms. The molecule has 2 aromatic rings. The Balaban J connectivity index is 1.76. The number of methoxy groups -OCH3 is 1. The van der Waals surface area contributed by atoms with Gasteiger partial charge in [-0.05, 0) is 59.9 Å². The molecule has 2 aliphatic rings. The second kappa shape index (κ2) is 9.11. The van der Waals surface area contributed by atoms with Gasteiger partial charge in [0.05, 0.1) is 19.1 Å². The highest BCUT2D eigenvalue weighted by Gasteiger charge is 2.69. The van der Waals surface area contributed by atoms with Crippen LogP contribution in [0.2, 0.25) is 0 Å². The summed E-state index contributed by atoms with van der Waals surface area (Å²) in [5.41, 5.74) is 1.66. The van der Waals surface area contributed by atoms with E-state index in [2.05, 4.69) is 27.7 Å². The van der Waals surface area contributed by atoms with Gasteiger partial charge in [0.15, 0.2) is 11.5 Å². The highest BCUT2D eigenvalue weighted by molar-refractivity contribution is 5.97. The summed E-state index contributed by atoms with van der Waals surface area (Å²) in [5.74, 6) is 0.0659. The van der Waals surface area contributed by atoms with Crippen molar-refractivity contribution < 1.29 is 33.6 Å². The number of aryl methyl sites for hydroxylation is 1. The number of hydrogen-bond acceptors (Lipinski definition) is 7. The van der Waals surface area contributed by atoms with Crippen LogP contribution in [0, 0.1) is 29.6 Å². The Kier molecular flexibility index (Phi) is 6.58. The summed E-state index contributed by atoms with van der Waals surface area (Å²) in [6.45, 7) is 14.1. The van der Waals surface area contributed by atoms with Crippen LogP contribution in [0.3, 0.4) is 0 Å². The largest absolute Gasteiger partial charge is 0.495 e. The fourth-order valence-electron chi connectivity index (χ4n) is 5.30. The summed E-state index contributed by atoms with van der Waals surface area (Å²) >= 11 is 0. The fraction of sp³-hybridized carbons (Fsp3) is 0.517. The highest BCUT2D eigenvalue weighted by atomic mass is 16.6. The summed E-state index contributed by atoms with van der Waals surface area (Å²) in [5, 5.41) is 10.8. The van der Waals surface area contributed by atoms with Crippen LogP contribution in [0.1, 0.15) is 81.1 Å². The number of aliphatic hydroxyl groups excluding tert-OH is 1. The monoisotopic (exact) mass is 496 g/mol. The number of benzene rings is 2. The van der Waals surface area contributed by atoms with Crippen LogP contribution >= 0.6 is 0 Å². The average molecular weight is 497 g/mol. The summed E-state index contributed by atoms with van der Waals surface area (Å²) in [4.78, 5) is 26.2. The molecule has 4 rings (SSSR count). The minimum atomic E-state index is -0.819. The Hall–Kier alpha value is -3.06. The van der Waals surface area contributed by atoms with Crippen LogP contribution in [0.15, 0.2) is 24.3 Å². The maximum atomic E-state index is 13.2. The van der Waals surface area contributed by atoms with Crippen LogP contribution < -0.4 is 14.2 Å². The number of fused-ring (bicyclic) bond motifs is 2. The molecule has 1 fully saturated rings. The van der Waals surface area contributed by atoms with Crippen LogP contribution in [0.4, 0.5) is 0 Å². The Morgan fingerprint density at radius 1 is 1.17 bits per heavy atom. The van der Waals surface area contributed by atoms with Gasteiger partial charge in [-0.1, -0.05) is 41.5 Å². The van der Waals surface area contributed by atoms with Gasteiger partial charge in [0.1, 0.15) is 23.7 Å². The molecule has 1 aliphatic heterocycles. The van der Waals surface area contributed by atoms with Crippen molar-refractivity contribution in [2.24, 2.45) is 22.7 Å². The molecule has 0 bridgehead atoms. The molecule has 0 aromatic heterocycles. The lowest BCUT2D eigenvalue weighted by molar-refractivity contribution is -0.137. The predicted molar refractivity (Wildman–Crippen MR) is 134 cm³/mol. The Morgan fingerprint density at radius 3 is 2.42 bits per heavy atom. The second-order valence-corrected chi connectivity index (χ2v) is 11.4. The number of ether oxygens (including phenoxy) is 4. The van der Waals surface area contributed by atoms with Gasteiger partial charge in [-0.25, -0.2) is 4.79 Å². The van der Waals surface area contributed by atoms with Gasteiger partial charge in [0.2, 0.25) is 0 Å². The van der Waals surface area contributed by atoms with E-state index in [0.717, 1.165) is 5.56 Å². The van der Waals surface area contributed by atoms with Crippen molar-refractivity contribution >= 4 is 11.9 Å². The maximum Gasteiger partial charge on any atom is 0.346 e. The average Bonchev–Trinajstić information content (AvgIpc) is 3.19. The van der Waals surface area contributed by atoms with E-state index in [1.54, 1.807) is 18.2 Å². The van der Waals surface area contributed by atoms with Gasteiger partial charge >= 0.3 is 11.9 Å². The van der Waals surface area contributed by atoms with Crippen LogP contribution in [-0.4, -0.2) is 24.2 Å². The van der Waals surface area contributed by atoms with Crippen molar-refractivity contribution in [3.63, 3.8) is 0 Å². The van der Waals surface area contributed by atoms with Crippen molar-refractivity contribution in [1.82, 2.24) is 0 Å². The molecule has 0 spiro atoms. The van der Waals surface area contributed by atoms with Crippen LogP contribution in [-0.2, 0) is 16.1 Å². The lowest BCUT2D eigenvalue weighted by atomic mass is 9.96. The quantitative estimate of drug-likeness (QED) is 0.380. The molecule has 0 radical (unpaired) electrons. The van der Waals surface area contributed by atoms with E-state index in [9.17, 15) is 14.7 Å². The lowest BCUT2D eigenvalue weighted by Gasteiger charge is -2.24. The van der Waals surface area contributed by atoms with Crippen molar-refractivity contribution in [2.45, 2.75) is 67.6 Å². The molecular weight excluding hydrogens is 460 g/mol. The molecule has 1 aliphatic carbocycles. The third-order valence-electron chi connectivity index (χ3n) is 7.93. The second-order valence-electron chi connectivity index (χ2n) is 11.4. The molecule has 7 nitrogen and oxygen atoms in total.